The number of carbonyl (C=O) groups excluding carboxylic acids is 1. The van der Waals surface area contributed by atoms with Gasteiger partial charge in [-0.2, -0.15) is 0 Å². The Morgan fingerprint density at radius 1 is 1.33 bits per heavy atom. The highest BCUT2D eigenvalue weighted by atomic mass is 19.1. The number of rotatable bonds is 2. The number of halogens is 1. The normalized spacial score (nSPS) is 23.7. The van der Waals surface area contributed by atoms with E-state index >= 15 is 0 Å². The molecule has 2 rings (SSSR count). The Balaban J connectivity index is 2.01. The molecule has 0 saturated heterocycles. The monoisotopic (exact) mass is 252 g/mol. The summed E-state index contributed by atoms with van der Waals surface area (Å²) >= 11 is 0. The smallest absolute Gasteiger partial charge is 0.253 e. The summed E-state index contributed by atoms with van der Waals surface area (Å²) in [5.41, 5.74) is 6.09. The van der Waals surface area contributed by atoms with E-state index < -0.39 is 5.82 Å². The van der Waals surface area contributed by atoms with Crippen LogP contribution < -0.4 is 11.1 Å². The van der Waals surface area contributed by atoms with Gasteiger partial charge in [0.05, 0.1) is 11.7 Å². The first kappa shape index (κ1) is 12.8. The van der Waals surface area contributed by atoms with E-state index in [2.05, 4.69) is 5.32 Å². The Kier molecular flexibility index (Phi) is 3.81. The van der Waals surface area contributed by atoms with E-state index in [1.807, 2.05) is 0 Å². The number of nitrogens with two attached hydrogens (primary N) is 1. The van der Waals surface area contributed by atoms with Crippen molar-refractivity contribution in [2.75, 3.05) is 5.73 Å². The largest absolute Gasteiger partial charge is 0.398 e. The molecule has 0 unspecified atom stereocenters. The van der Waals surface area contributed by atoms with Crippen LogP contribution in [0.25, 0.3) is 0 Å². The summed E-state index contributed by atoms with van der Waals surface area (Å²) in [6.07, 6.45) is 2.58. The Morgan fingerprint density at radius 3 is 2.67 bits per heavy atom. The molecule has 98 valence electrons. The quantitative estimate of drug-likeness (QED) is 0.697. The van der Waals surface area contributed by atoms with Gasteiger partial charge in [0, 0.05) is 11.7 Å². The second-order valence-corrected chi connectivity index (χ2v) is 4.71. The van der Waals surface area contributed by atoms with Crippen LogP contribution in [0.3, 0.4) is 0 Å². The van der Waals surface area contributed by atoms with Gasteiger partial charge in [-0.15, -0.1) is 0 Å². The summed E-state index contributed by atoms with van der Waals surface area (Å²) in [6, 6.07) is 3.78. The molecule has 1 fully saturated rings. The SMILES string of the molecule is Nc1ccc(F)cc1C(=O)NC1CCC(O)CC1. The number of amides is 1. The number of aliphatic hydroxyl groups excluding tert-OH is 1. The molecule has 1 aliphatic carbocycles. The van der Waals surface area contributed by atoms with Crippen molar-refractivity contribution in [3.63, 3.8) is 0 Å². The maximum atomic E-state index is 13.1. The van der Waals surface area contributed by atoms with Crippen LogP contribution in [0.1, 0.15) is 36.0 Å². The molecule has 1 aromatic carbocycles. The standard InChI is InChI=1S/C13H17FN2O2/c14-8-1-6-12(15)11(7-8)13(18)16-9-2-4-10(17)5-3-9/h1,6-7,9-10,17H,2-5,15H2,(H,16,18). The van der Waals surface area contributed by atoms with E-state index in [-0.39, 0.29) is 29.3 Å². The van der Waals surface area contributed by atoms with E-state index in [0.717, 1.165) is 18.9 Å². The van der Waals surface area contributed by atoms with Gasteiger partial charge in [-0.3, -0.25) is 4.79 Å². The van der Waals surface area contributed by atoms with Gasteiger partial charge in [-0.05, 0) is 43.9 Å². The number of hydrogen-bond donors (Lipinski definition) is 3. The maximum absolute atomic E-state index is 13.1. The van der Waals surface area contributed by atoms with Crippen molar-refractivity contribution in [2.45, 2.75) is 37.8 Å². The van der Waals surface area contributed by atoms with Crippen LogP contribution in [0.2, 0.25) is 0 Å². The van der Waals surface area contributed by atoms with Gasteiger partial charge in [0.2, 0.25) is 0 Å². The van der Waals surface area contributed by atoms with Crippen LogP contribution in [-0.4, -0.2) is 23.2 Å². The lowest BCUT2D eigenvalue weighted by Gasteiger charge is -2.26. The number of nitrogens with one attached hydrogen (secondary N) is 1. The number of benzene rings is 1. The molecule has 0 atom stereocenters. The first-order chi connectivity index (χ1) is 8.56. The molecular formula is C13H17FN2O2. The summed E-state index contributed by atoms with van der Waals surface area (Å²) in [5, 5.41) is 12.2. The molecule has 0 aliphatic heterocycles. The van der Waals surface area contributed by atoms with Crippen molar-refractivity contribution in [2.24, 2.45) is 0 Å². The molecule has 18 heavy (non-hydrogen) atoms. The predicted octanol–water partition coefficient (Wildman–Crippen LogP) is 1.44. The average molecular weight is 252 g/mol. The molecule has 4 nitrogen and oxygen atoms in total. The second-order valence-electron chi connectivity index (χ2n) is 4.71. The van der Waals surface area contributed by atoms with Gasteiger partial charge < -0.3 is 16.2 Å². The third-order valence-electron chi connectivity index (χ3n) is 3.29. The Labute approximate surface area is 105 Å². The highest BCUT2D eigenvalue weighted by molar-refractivity contribution is 5.99. The van der Waals surface area contributed by atoms with Gasteiger partial charge in [-0.1, -0.05) is 0 Å². The van der Waals surface area contributed by atoms with Crippen molar-refractivity contribution in [1.82, 2.24) is 5.32 Å². The zero-order valence-corrected chi connectivity index (χ0v) is 10.0. The lowest BCUT2D eigenvalue weighted by Crippen LogP contribution is -2.38. The van der Waals surface area contributed by atoms with Crippen molar-refractivity contribution < 1.29 is 14.3 Å². The van der Waals surface area contributed by atoms with Gasteiger partial charge >= 0.3 is 0 Å². The van der Waals surface area contributed by atoms with Crippen LogP contribution in [0.15, 0.2) is 18.2 Å². The number of hydrogen-bond acceptors (Lipinski definition) is 3. The predicted molar refractivity (Wildman–Crippen MR) is 66.5 cm³/mol. The molecule has 1 amide bonds. The Morgan fingerprint density at radius 2 is 2.00 bits per heavy atom. The van der Waals surface area contributed by atoms with E-state index in [4.69, 9.17) is 5.73 Å². The van der Waals surface area contributed by atoms with Crippen LogP contribution in [0.5, 0.6) is 0 Å². The Hall–Kier alpha value is -1.62. The third-order valence-corrected chi connectivity index (χ3v) is 3.29. The fourth-order valence-corrected chi connectivity index (χ4v) is 2.21. The summed E-state index contributed by atoms with van der Waals surface area (Å²) in [5.74, 6) is -0.832. The van der Waals surface area contributed by atoms with Crippen molar-refractivity contribution >= 4 is 11.6 Å². The molecule has 4 N–H and O–H groups in total. The summed E-state index contributed by atoms with van der Waals surface area (Å²) in [7, 11) is 0. The first-order valence-electron chi connectivity index (χ1n) is 6.10. The lowest BCUT2D eigenvalue weighted by molar-refractivity contribution is 0.0868. The second kappa shape index (κ2) is 5.35. The van der Waals surface area contributed by atoms with Crippen LogP contribution >= 0.6 is 0 Å². The molecule has 0 bridgehead atoms. The molecule has 1 saturated carbocycles. The van der Waals surface area contributed by atoms with E-state index in [0.29, 0.717) is 12.8 Å². The Bertz CT molecular complexity index is 443. The fraction of sp³-hybridized carbons (Fsp3) is 0.462. The highest BCUT2D eigenvalue weighted by Gasteiger charge is 2.22. The van der Waals surface area contributed by atoms with E-state index in [1.54, 1.807) is 0 Å². The van der Waals surface area contributed by atoms with Crippen LogP contribution in [-0.2, 0) is 0 Å². The molecule has 1 aromatic rings. The molecule has 0 spiro atoms. The molecule has 0 heterocycles. The summed E-state index contributed by atoms with van der Waals surface area (Å²) < 4.78 is 13.1. The number of aliphatic hydroxyl groups is 1. The van der Waals surface area contributed by atoms with Crippen molar-refractivity contribution in [3.05, 3.63) is 29.6 Å². The van der Waals surface area contributed by atoms with Crippen molar-refractivity contribution in [1.29, 1.82) is 0 Å². The minimum absolute atomic E-state index is 0.0311. The van der Waals surface area contributed by atoms with Gasteiger partial charge in [0.25, 0.3) is 5.91 Å². The minimum Gasteiger partial charge on any atom is -0.398 e. The van der Waals surface area contributed by atoms with E-state index in [9.17, 15) is 14.3 Å². The van der Waals surface area contributed by atoms with Gasteiger partial charge in [0.15, 0.2) is 0 Å². The minimum atomic E-state index is -0.478. The van der Waals surface area contributed by atoms with Gasteiger partial charge in [0.1, 0.15) is 5.82 Å². The summed E-state index contributed by atoms with van der Waals surface area (Å²) in [6.45, 7) is 0. The van der Waals surface area contributed by atoms with Gasteiger partial charge in [-0.25, -0.2) is 4.39 Å². The summed E-state index contributed by atoms with van der Waals surface area (Å²) in [4.78, 5) is 11.9. The maximum Gasteiger partial charge on any atom is 0.253 e. The van der Waals surface area contributed by atoms with Crippen LogP contribution in [0, 0.1) is 5.82 Å². The topological polar surface area (TPSA) is 75.4 Å². The third kappa shape index (κ3) is 2.98. The number of nitrogen functional groups attached to an aromatic ring is 1. The van der Waals surface area contributed by atoms with E-state index in [1.165, 1.54) is 12.1 Å². The first-order valence-corrected chi connectivity index (χ1v) is 6.10. The van der Waals surface area contributed by atoms with Crippen LogP contribution in [0.4, 0.5) is 10.1 Å². The molecular weight excluding hydrogens is 235 g/mol. The number of carbonyl (C=O) groups is 1. The molecule has 0 aromatic heterocycles. The molecule has 5 heteroatoms. The fourth-order valence-electron chi connectivity index (χ4n) is 2.21. The average Bonchev–Trinajstić information content (AvgIpc) is 2.35. The number of anilines is 1. The molecule has 0 radical (unpaired) electrons. The zero-order valence-electron chi connectivity index (χ0n) is 10.0. The highest BCUT2D eigenvalue weighted by Crippen LogP contribution is 2.20. The zero-order chi connectivity index (χ0) is 13.1. The lowest BCUT2D eigenvalue weighted by atomic mass is 9.93. The van der Waals surface area contributed by atoms with Crippen molar-refractivity contribution in [3.8, 4) is 0 Å². The molecule has 1 aliphatic rings.